The van der Waals surface area contributed by atoms with Crippen molar-refractivity contribution in [1.82, 2.24) is 4.90 Å². The van der Waals surface area contributed by atoms with Gasteiger partial charge in [-0.25, -0.2) is 0 Å². The summed E-state index contributed by atoms with van der Waals surface area (Å²) in [5.41, 5.74) is 6.69. The van der Waals surface area contributed by atoms with E-state index in [1.807, 2.05) is 24.3 Å². The van der Waals surface area contributed by atoms with Crippen molar-refractivity contribution in [2.45, 2.75) is 31.8 Å². The summed E-state index contributed by atoms with van der Waals surface area (Å²) in [7, 11) is 2.20. The van der Waals surface area contributed by atoms with Crippen molar-refractivity contribution in [1.29, 1.82) is 0 Å². The molecule has 2 N–H and O–H groups in total. The highest BCUT2D eigenvalue weighted by Gasteiger charge is 2.25. The first-order chi connectivity index (χ1) is 8.29. The van der Waals surface area contributed by atoms with Crippen molar-refractivity contribution < 1.29 is 4.74 Å². The molecule has 0 amide bonds. The summed E-state index contributed by atoms with van der Waals surface area (Å²) in [6, 6.07) is 8.87. The lowest BCUT2D eigenvalue weighted by atomic mass is 10.2. The van der Waals surface area contributed by atoms with Gasteiger partial charge in [-0.1, -0.05) is 12.1 Å². The van der Waals surface area contributed by atoms with Gasteiger partial charge in [-0.15, -0.1) is 0 Å². The predicted octanol–water partition coefficient (Wildman–Crippen LogP) is 2.01. The molecule has 0 radical (unpaired) electrons. The summed E-state index contributed by atoms with van der Waals surface area (Å²) in [5.74, 6) is 0.941. The summed E-state index contributed by atoms with van der Waals surface area (Å²) >= 11 is 0. The van der Waals surface area contributed by atoms with Crippen molar-refractivity contribution in [3.05, 3.63) is 29.8 Å². The number of hydrogen-bond acceptors (Lipinski definition) is 3. The van der Waals surface area contributed by atoms with E-state index in [4.69, 9.17) is 10.5 Å². The van der Waals surface area contributed by atoms with E-state index in [2.05, 4.69) is 11.9 Å². The Bertz CT molecular complexity index is 333. The van der Waals surface area contributed by atoms with Gasteiger partial charge in [-0.2, -0.15) is 0 Å². The molecule has 0 aromatic heterocycles. The van der Waals surface area contributed by atoms with E-state index in [-0.39, 0.29) is 0 Å². The summed E-state index contributed by atoms with van der Waals surface area (Å²) in [4.78, 5) is 2.43. The maximum absolute atomic E-state index is 5.69. The molecular weight excluding hydrogens is 212 g/mol. The number of nitrogens with zero attached hydrogens (tertiary/aromatic N) is 1. The minimum absolute atomic E-state index is 0.590. The first-order valence-corrected chi connectivity index (χ1v) is 6.41. The van der Waals surface area contributed by atoms with Crippen molar-refractivity contribution in [2.24, 2.45) is 5.73 Å². The van der Waals surface area contributed by atoms with Crippen LogP contribution in [0, 0.1) is 0 Å². The zero-order valence-corrected chi connectivity index (χ0v) is 10.6. The highest BCUT2D eigenvalue weighted by atomic mass is 16.5. The Kier molecular flexibility index (Phi) is 4.40. The van der Waals surface area contributed by atoms with Crippen molar-refractivity contribution in [3.63, 3.8) is 0 Å². The Balaban J connectivity index is 1.63. The molecule has 94 valence electrons. The number of rotatable bonds is 7. The average molecular weight is 234 g/mol. The van der Waals surface area contributed by atoms with Crippen LogP contribution in [0.15, 0.2) is 24.3 Å². The molecule has 3 nitrogen and oxygen atoms in total. The summed E-state index contributed by atoms with van der Waals surface area (Å²) in [6.07, 6.45) is 3.83. The molecule has 0 aliphatic heterocycles. The number of ether oxygens (including phenoxy) is 1. The van der Waals surface area contributed by atoms with Crippen molar-refractivity contribution >= 4 is 0 Å². The van der Waals surface area contributed by atoms with E-state index in [1.165, 1.54) is 12.8 Å². The zero-order chi connectivity index (χ0) is 12.1. The van der Waals surface area contributed by atoms with Gasteiger partial charge in [0.05, 0.1) is 6.61 Å². The standard InChI is InChI=1S/C14H22N2O/c1-16(13-5-6-13)9-2-10-17-14-7-3-12(11-15)4-8-14/h3-4,7-8,13H,2,5-6,9-11,15H2,1H3. The van der Waals surface area contributed by atoms with Gasteiger partial charge in [0.15, 0.2) is 0 Å². The highest BCUT2D eigenvalue weighted by molar-refractivity contribution is 5.26. The van der Waals surface area contributed by atoms with E-state index < -0.39 is 0 Å². The highest BCUT2D eigenvalue weighted by Crippen LogP contribution is 2.25. The molecule has 2 rings (SSSR count). The van der Waals surface area contributed by atoms with Crippen LogP contribution in [0.25, 0.3) is 0 Å². The smallest absolute Gasteiger partial charge is 0.119 e. The van der Waals surface area contributed by atoms with Gasteiger partial charge in [0, 0.05) is 19.1 Å². The zero-order valence-electron chi connectivity index (χ0n) is 10.6. The molecule has 3 heteroatoms. The molecule has 0 heterocycles. The van der Waals surface area contributed by atoms with Gasteiger partial charge >= 0.3 is 0 Å². The van der Waals surface area contributed by atoms with Crippen LogP contribution in [0.4, 0.5) is 0 Å². The second-order valence-electron chi connectivity index (χ2n) is 4.76. The van der Waals surface area contributed by atoms with Crippen LogP contribution in [-0.2, 0) is 6.54 Å². The van der Waals surface area contributed by atoms with Crippen LogP contribution in [0.2, 0.25) is 0 Å². The third-order valence-corrected chi connectivity index (χ3v) is 3.25. The number of hydrogen-bond donors (Lipinski definition) is 1. The fourth-order valence-corrected chi connectivity index (χ4v) is 1.92. The molecule has 0 unspecified atom stereocenters. The fraction of sp³-hybridized carbons (Fsp3) is 0.571. The Hall–Kier alpha value is -1.06. The van der Waals surface area contributed by atoms with E-state index in [0.717, 1.165) is 36.9 Å². The van der Waals surface area contributed by atoms with E-state index in [1.54, 1.807) is 0 Å². The van der Waals surface area contributed by atoms with Gasteiger partial charge in [-0.05, 0) is 44.0 Å². The molecule has 1 aromatic carbocycles. The largest absolute Gasteiger partial charge is 0.494 e. The fourth-order valence-electron chi connectivity index (χ4n) is 1.92. The molecule has 0 bridgehead atoms. The van der Waals surface area contributed by atoms with Crippen LogP contribution in [0.5, 0.6) is 5.75 Å². The van der Waals surface area contributed by atoms with Crippen LogP contribution in [0.3, 0.4) is 0 Å². The summed E-state index contributed by atoms with van der Waals surface area (Å²) < 4.78 is 5.69. The SMILES string of the molecule is CN(CCCOc1ccc(CN)cc1)C1CC1. The Morgan fingerprint density at radius 1 is 1.29 bits per heavy atom. The summed E-state index contributed by atoms with van der Waals surface area (Å²) in [5, 5.41) is 0. The summed E-state index contributed by atoms with van der Waals surface area (Å²) in [6.45, 7) is 2.51. The van der Waals surface area contributed by atoms with Crippen LogP contribution in [0.1, 0.15) is 24.8 Å². The maximum Gasteiger partial charge on any atom is 0.119 e. The first-order valence-electron chi connectivity index (χ1n) is 6.41. The van der Waals surface area contributed by atoms with Gasteiger partial charge in [0.1, 0.15) is 5.75 Å². The monoisotopic (exact) mass is 234 g/mol. The minimum atomic E-state index is 0.590. The molecule has 1 aliphatic carbocycles. The molecule has 1 saturated carbocycles. The third kappa shape index (κ3) is 4.02. The molecule has 17 heavy (non-hydrogen) atoms. The molecule has 0 atom stereocenters. The van der Waals surface area contributed by atoms with E-state index in [9.17, 15) is 0 Å². The lowest BCUT2D eigenvalue weighted by Gasteiger charge is -2.15. The molecule has 1 aromatic rings. The van der Waals surface area contributed by atoms with Crippen LogP contribution >= 0.6 is 0 Å². The van der Waals surface area contributed by atoms with E-state index >= 15 is 0 Å². The normalized spacial score (nSPS) is 15.2. The van der Waals surface area contributed by atoms with Gasteiger partial charge in [-0.3, -0.25) is 0 Å². The second-order valence-corrected chi connectivity index (χ2v) is 4.76. The number of nitrogens with two attached hydrogens (primary N) is 1. The molecule has 0 saturated heterocycles. The van der Waals surface area contributed by atoms with Crippen LogP contribution < -0.4 is 10.5 Å². The Labute approximate surface area is 104 Å². The van der Waals surface area contributed by atoms with Crippen molar-refractivity contribution in [2.75, 3.05) is 20.2 Å². The van der Waals surface area contributed by atoms with E-state index in [0.29, 0.717) is 6.54 Å². The lowest BCUT2D eigenvalue weighted by Crippen LogP contribution is -2.23. The Morgan fingerprint density at radius 2 is 2.00 bits per heavy atom. The third-order valence-electron chi connectivity index (χ3n) is 3.25. The quantitative estimate of drug-likeness (QED) is 0.733. The van der Waals surface area contributed by atoms with Crippen molar-refractivity contribution in [3.8, 4) is 5.75 Å². The first kappa shape index (κ1) is 12.4. The second kappa shape index (κ2) is 6.03. The molecule has 0 spiro atoms. The lowest BCUT2D eigenvalue weighted by molar-refractivity contribution is 0.258. The predicted molar refractivity (Wildman–Crippen MR) is 70.1 cm³/mol. The molecule has 1 aliphatic rings. The maximum atomic E-state index is 5.69. The topological polar surface area (TPSA) is 38.5 Å². The average Bonchev–Trinajstić information content (AvgIpc) is 3.19. The molecular formula is C14H22N2O. The number of benzene rings is 1. The van der Waals surface area contributed by atoms with Crippen LogP contribution in [-0.4, -0.2) is 31.1 Å². The minimum Gasteiger partial charge on any atom is -0.494 e. The molecule has 1 fully saturated rings. The van der Waals surface area contributed by atoms with Gasteiger partial charge in [0.25, 0.3) is 0 Å². The Morgan fingerprint density at radius 3 is 2.59 bits per heavy atom. The van der Waals surface area contributed by atoms with Gasteiger partial charge in [0.2, 0.25) is 0 Å². The van der Waals surface area contributed by atoms with Gasteiger partial charge < -0.3 is 15.4 Å².